The first kappa shape index (κ1) is 19.7. The van der Waals surface area contributed by atoms with Gasteiger partial charge in [0.05, 0.1) is 17.1 Å². The zero-order chi connectivity index (χ0) is 21.0. The van der Waals surface area contributed by atoms with E-state index in [2.05, 4.69) is 0 Å². The van der Waals surface area contributed by atoms with E-state index in [1.54, 1.807) is 19.1 Å². The Labute approximate surface area is 167 Å². The highest BCUT2D eigenvalue weighted by atomic mass is 16.5. The van der Waals surface area contributed by atoms with Crippen LogP contribution in [0.4, 0.5) is 0 Å². The highest BCUT2D eigenvalue weighted by Crippen LogP contribution is 2.39. The number of aromatic carboxylic acids is 1. The van der Waals surface area contributed by atoms with Crippen LogP contribution < -0.4 is 5.73 Å². The standard InChI is InChI=1S/C22H18N2O5/c1-13-18(22(27)28-12-14-5-3-2-4-6-14)19(17(11-23)20(24)29-13)15-7-9-16(10-8-15)21(25)26/h2-10,19H,12,24H2,1H3,(H,25,26). The average molecular weight is 390 g/mol. The predicted octanol–water partition coefficient (Wildman–Crippen LogP) is 3.21. The molecule has 29 heavy (non-hydrogen) atoms. The van der Waals surface area contributed by atoms with E-state index in [4.69, 9.17) is 20.3 Å². The number of hydrogen-bond acceptors (Lipinski definition) is 6. The molecule has 3 N–H and O–H groups in total. The highest BCUT2D eigenvalue weighted by Gasteiger charge is 2.36. The number of carbonyl (C=O) groups is 2. The second-order valence-corrected chi connectivity index (χ2v) is 6.38. The molecule has 0 fully saturated rings. The van der Waals surface area contributed by atoms with E-state index in [1.807, 2.05) is 36.4 Å². The van der Waals surface area contributed by atoms with Crippen LogP contribution in [0.25, 0.3) is 0 Å². The van der Waals surface area contributed by atoms with Gasteiger partial charge in [-0.2, -0.15) is 5.26 Å². The number of ether oxygens (including phenoxy) is 2. The molecular formula is C22H18N2O5. The molecule has 146 valence electrons. The Morgan fingerprint density at radius 2 is 1.83 bits per heavy atom. The fourth-order valence-corrected chi connectivity index (χ4v) is 3.10. The number of esters is 1. The first-order chi connectivity index (χ1) is 13.9. The Balaban J connectivity index is 1.96. The van der Waals surface area contributed by atoms with Gasteiger partial charge in [-0.1, -0.05) is 42.5 Å². The topological polar surface area (TPSA) is 123 Å². The highest BCUT2D eigenvalue weighted by molar-refractivity contribution is 5.93. The van der Waals surface area contributed by atoms with Crippen molar-refractivity contribution in [2.75, 3.05) is 0 Å². The number of benzene rings is 2. The third-order valence-electron chi connectivity index (χ3n) is 4.53. The molecule has 7 nitrogen and oxygen atoms in total. The lowest BCUT2D eigenvalue weighted by molar-refractivity contribution is -0.140. The lowest BCUT2D eigenvalue weighted by atomic mass is 9.83. The molecule has 1 heterocycles. The fourth-order valence-electron chi connectivity index (χ4n) is 3.10. The SMILES string of the molecule is CC1=C(C(=O)OCc2ccccc2)C(c2ccc(C(=O)O)cc2)C(C#N)=C(N)O1. The van der Waals surface area contributed by atoms with Crippen molar-refractivity contribution in [2.45, 2.75) is 19.4 Å². The van der Waals surface area contributed by atoms with Gasteiger partial charge in [0.15, 0.2) is 0 Å². The molecule has 1 unspecified atom stereocenters. The van der Waals surface area contributed by atoms with Gasteiger partial charge in [0, 0.05) is 0 Å². The molecule has 0 aliphatic carbocycles. The maximum absolute atomic E-state index is 12.9. The molecule has 0 spiro atoms. The molecule has 2 aromatic rings. The Morgan fingerprint density at radius 1 is 1.17 bits per heavy atom. The Bertz CT molecular complexity index is 1050. The van der Waals surface area contributed by atoms with Crippen LogP contribution in [-0.4, -0.2) is 17.0 Å². The monoisotopic (exact) mass is 390 g/mol. The third-order valence-corrected chi connectivity index (χ3v) is 4.53. The van der Waals surface area contributed by atoms with Gasteiger partial charge in [0.25, 0.3) is 0 Å². The second kappa shape index (κ2) is 8.31. The summed E-state index contributed by atoms with van der Waals surface area (Å²) >= 11 is 0. The predicted molar refractivity (Wildman–Crippen MR) is 103 cm³/mol. The Hall–Kier alpha value is -4.05. The minimum Gasteiger partial charge on any atom is -0.478 e. The largest absolute Gasteiger partial charge is 0.478 e. The maximum Gasteiger partial charge on any atom is 0.338 e. The molecule has 1 aliphatic rings. The van der Waals surface area contributed by atoms with Crippen molar-refractivity contribution < 1.29 is 24.2 Å². The van der Waals surface area contributed by atoms with E-state index in [-0.39, 0.29) is 35.0 Å². The summed E-state index contributed by atoms with van der Waals surface area (Å²) in [5, 5.41) is 18.7. The first-order valence-corrected chi connectivity index (χ1v) is 8.75. The zero-order valence-electron chi connectivity index (χ0n) is 15.6. The Morgan fingerprint density at radius 3 is 2.41 bits per heavy atom. The van der Waals surface area contributed by atoms with Crippen LogP contribution in [0.5, 0.6) is 0 Å². The van der Waals surface area contributed by atoms with Gasteiger partial charge >= 0.3 is 11.9 Å². The van der Waals surface area contributed by atoms with Crippen LogP contribution in [0, 0.1) is 11.3 Å². The van der Waals surface area contributed by atoms with E-state index >= 15 is 0 Å². The minimum absolute atomic E-state index is 0.0577. The number of carbonyl (C=O) groups excluding carboxylic acids is 1. The Kier molecular flexibility index (Phi) is 5.65. The fraction of sp³-hybridized carbons (Fsp3) is 0.136. The molecule has 0 amide bonds. The normalized spacial score (nSPS) is 16.1. The van der Waals surface area contributed by atoms with Crippen molar-refractivity contribution >= 4 is 11.9 Å². The molecular weight excluding hydrogens is 372 g/mol. The van der Waals surface area contributed by atoms with E-state index in [0.29, 0.717) is 5.56 Å². The summed E-state index contributed by atoms with van der Waals surface area (Å²) in [5.41, 5.74) is 7.51. The summed E-state index contributed by atoms with van der Waals surface area (Å²) in [5.74, 6) is -2.41. The van der Waals surface area contributed by atoms with Crippen molar-refractivity contribution in [3.05, 3.63) is 94.1 Å². The van der Waals surface area contributed by atoms with Gasteiger partial charge in [-0.25, -0.2) is 9.59 Å². The van der Waals surface area contributed by atoms with E-state index in [9.17, 15) is 14.9 Å². The van der Waals surface area contributed by atoms with Crippen molar-refractivity contribution in [3.63, 3.8) is 0 Å². The van der Waals surface area contributed by atoms with Crippen molar-refractivity contribution in [2.24, 2.45) is 5.73 Å². The van der Waals surface area contributed by atoms with Crippen LogP contribution >= 0.6 is 0 Å². The lowest BCUT2D eigenvalue weighted by Crippen LogP contribution is -2.25. The van der Waals surface area contributed by atoms with Crippen LogP contribution in [0.15, 0.2) is 77.4 Å². The molecule has 2 aromatic carbocycles. The number of nitrogens with two attached hydrogens (primary N) is 1. The zero-order valence-corrected chi connectivity index (χ0v) is 15.6. The molecule has 1 aliphatic heterocycles. The van der Waals surface area contributed by atoms with Crippen molar-refractivity contribution in [1.29, 1.82) is 5.26 Å². The van der Waals surface area contributed by atoms with Gasteiger partial charge in [-0.15, -0.1) is 0 Å². The van der Waals surface area contributed by atoms with Crippen LogP contribution in [-0.2, 0) is 20.9 Å². The van der Waals surface area contributed by atoms with Gasteiger partial charge in [-0.05, 0) is 30.2 Å². The summed E-state index contributed by atoms with van der Waals surface area (Å²) in [7, 11) is 0. The first-order valence-electron chi connectivity index (χ1n) is 8.75. The van der Waals surface area contributed by atoms with E-state index < -0.39 is 17.9 Å². The van der Waals surface area contributed by atoms with E-state index in [1.165, 1.54) is 12.1 Å². The number of carboxylic acid groups (broad SMARTS) is 1. The molecule has 3 rings (SSSR count). The number of carboxylic acids is 1. The third kappa shape index (κ3) is 4.12. The number of hydrogen-bond donors (Lipinski definition) is 2. The van der Waals surface area contributed by atoms with Crippen molar-refractivity contribution in [3.8, 4) is 6.07 Å². The summed E-state index contributed by atoms with van der Waals surface area (Å²) in [6, 6.07) is 17.1. The molecule has 0 radical (unpaired) electrons. The molecule has 0 bridgehead atoms. The number of allylic oxidation sites excluding steroid dienone is 2. The summed E-state index contributed by atoms with van der Waals surface area (Å²) in [6.07, 6.45) is 0. The summed E-state index contributed by atoms with van der Waals surface area (Å²) in [6.45, 7) is 1.63. The molecule has 0 aromatic heterocycles. The summed E-state index contributed by atoms with van der Waals surface area (Å²) < 4.78 is 10.8. The van der Waals surface area contributed by atoms with Crippen LogP contribution in [0.1, 0.15) is 34.3 Å². The van der Waals surface area contributed by atoms with Crippen molar-refractivity contribution in [1.82, 2.24) is 0 Å². The number of nitrogens with zero attached hydrogens (tertiary/aromatic N) is 1. The van der Waals surface area contributed by atoms with Gasteiger partial charge in [0.2, 0.25) is 5.88 Å². The molecule has 0 saturated carbocycles. The molecule has 0 saturated heterocycles. The van der Waals surface area contributed by atoms with Gasteiger partial charge in [-0.3, -0.25) is 0 Å². The average Bonchev–Trinajstić information content (AvgIpc) is 2.72. The quantitative estimate of drug-likeness (QED) is 0.752. The molecule has 7 heteroatoms. The van der Waals surface area contributed by atoms with Crippen LogP contribution in [0.3, 0.4) is 0 Å². The van der Waals surface area contributed by atoms with Crippen LogP contribution in [0.2, 0.25) is 0 Å². The lowest BCUT2D eigenvalue weighted by Gasteiger charge is -2.27. The smallest absolute Gasteiger partial charge is 0.338 e. The summed E-state index contributed by atoms with van der Waals surface area (Å²) in [4.78, 5) is 24.0. The minimum atomic E-state index is -1.08. The number of rotatable bonds is 5. The molecule has 1 atom stereocenters. The maximum atomic E-state index is 12.9. The number of nitriles is 1. The van der Waals surface area contributed by atoms with E-state index in [0.717, 1.165) is 5.56 Å². The van der Waals surface area contributed by atoms with Gasteiger partial charge < -0.3 is 20.3 Å². The van der Waals surface area contributed by atoms with Gasteiger partial charge in [0.1, 0.15) is 24.0 Å². The second-order valence-electron chi connectivity index (χ2n) is 6.38.